The largest absolute Gasteiger partial charge is 0.454 e. The van der Waals surface area contributed by atoms with Crippen LogP contribution in [0.3, 0.4) is 0 Å². The molecule has 1 aromatic carbocycles. The molecule has 5 nitrogen and oxygen atoms in total. The summed E-state index contributed by atoms with van der Waals surface area (Å²) in [6, 6.07) is 6.01. The predicted octanol–water partition coefficient (Wildman–Crippen LogP) is 1.22. The van der Waals surface area contributed by atoms with Crippen LogP contribution in [0.4, 0.5) is 0 Å². The van der Waals surface area contributed by atoms with Crippen LogP contribution in [0.5, 0.6) is 11.5 Å². The summed E-state index contributed by atoms with van der Waals surface area (Å²) in [5, 5.41) is 13.6. The number of fused-ring (bicyclic) bond motifs is 1. The lowest BCUT2D eigenvalue weighted by Gasteiger charge is -2.24. The Hall–Kier alpha value is -1.30. The molecule has 1 atom stereocenters. The Labute approximate surface area is 112 Å². The Morgan fingerprint density at radius 3 is 2.84 bits per heavy atom. The summed E-state index contributed by atoms with van der Waals surface area (Å²) in [4.78, 5) is 0. The van der Waals surface area contributed by atoms with Crippen molar-refractivity contribution in [2.24, 2.45) is 0 Å². The van der Waals surface area contributed by atoms with E-state index in [2.05, 4.69) is 5.32 Å². The minimum absolute atomic E-state index is 0.259. The minimum Gasteiger partial charge on any atom is -0.454 e. The summed E-state index contributed by atoms with van der Waals surface area (Å²) in [7, 11) is 0. The van der Waals surface area contributed by atoms with Gasteiger partial charge in [-0.15, -0.1) is 0 Å². The number of hydrogen-bond donors (Lipinski definition) is 2. The van der Waals surface area contributed by atoms with E-state index in [9.17, 15) is 5.11 Å². The van der Waals surface area contributed by atoms with Gasteiger partial charge in [0.25, 0.3) is 0 Å². The molecule has 104 valence electrons. The monoisotopic (exact) mass is 265 g/mol. The van der Waals surface area contributed by atoms with Gasteiger partial charge in [-0.05, 0) is 30.5 Å². The van der Waals surface area contributed by atoms with Gasteiger partial charge in [-0.3, -0.25) is 0 Å². The zero-order valence-corrected chi connectivity index (χ0v) is 10.8. The molecule has 0 aromatic heterocycles. The highest BCUT2D eigenvalue weighted by atomic mass is 16.7. The van der Waals surface area contributed by atoms with Crippen molar-refractivity contribution in [3.05, 3.63) is 23.8 Å². The Balaban J connectivity index is 1.56. The Bertz CT molecular complexity index is 431. The molecule has 0 amide bonds. The van der Waals surface area contributed by atoms with Crippen LogP contribution in [0, 0.1) is 0 Å². The van der Waals surface area contributed by atoms with E-state index in [4.69, 9.17) is 14.2 Å². The van der Waals surface area contributed by atoms with E-state index in [0.29, 0.717) is 18.3 Å². The van der Waals surface area contributed by atoms with Gasteiger partial charge in [-0.1, -0.05) is 6.07 Å². The van der Waals surface area contributed by atoms with Crippen LogP contribution in [0.2, 0.25) is 0 Å². The summed E-state index contributed by atoms with van der Waals surface area (Å²) in [5.41, 5.74) is 0.851. The van der Waals surface area contributed by atoms with Crippen LogP contribution in [0.25, 0.3) is 0 Å². The van der Waals surface area contributed by atoms with Gasteiger partial charge in [0.2, 0.25) is 6.79 Å². The van der Waals surface area contributed by atoms with Crippen LogP contribution < -0.4 is 14.8 Å². The topological polar surface area (TPSA) is 60.0 Å². The average molecular weight is 265 g/mol. The second-order valence-corrected chi connectivity index (χ2v) is 4.92. The first-order valence-electron chi connectivity index (χ1n) is 6.71. The second-order valence-electron chi connectivity index (χ2n) is 4.92. The zero-order chi connectivity index (χ0) is 13.1. The van der Waals surface area contributed by atoms with Crippen LogP contribution in [-0.4, -0.2) is 37.7 Å². The number of aliphatic hydroxyl groups excluding tert-OH is 1. The highest BCUT2D eigenvalue weighted by Crippen LogP contribution is 2.34. The van der Waals surface area contributed by atoms with E-state index < -0.39 is 6.10 Å². The van der Waals surface area contributed by atoms with Gasteiger partial charge in [0, 0.05) is 25.8 Å². The molecule has 0 aliphatic carbocycles. The van der Waals surface area contributed by atoms with Gasteiger partial charge < -0.3 is 24.6 Å². The third-order valence-corrected chi connectivity index (χ3v) is 3.60. The lowest BCUT2D eigenvalue weighted by atomic mass is 10.1. The van der Waals surface area contributed by atoms with E-state index in [1.165, 1.54) is 0 Å². The molecule has 3 rings (SSSR count). The molecule has 1 unspecified atom stereocenters. The van der Waals surface area contributed by atoms with Gasteiger partial charge in [0.05, 0.1) is 6.10 Å². The zero-order valence-electron chi connectivity index (χ0n) is 10.8. The van der Waals surface area contributed by atoms with Crippen molar-refractivity contribution < 1.29 is 19.3 Å². The van der Waals surface area contributed by atoms with Crippen molar-refractivity contribution in [3.63, 3.8) is 0 Å². The molecule has 2 heterocycles. The Morgan fingerprint density at radius 2 is 2.00 bits per heavy atom. The third kappa shape index (κ3) is 3.00. The molecular formula is C14H19NO4. The van der Waals surface area contributed by atoms with Gasteiger partial charge >= 0.3 is 0 Å². The summed E-state index contributed by atoms with van der Waals surface area (Å²) in [5.74, 6) is 1.45. The number of hydrogen-bond acceptors (Lipinski definition) is 5. The number of rotatable bonds is 4. The van der Waals surface area contributed by atoms with Crippen LogP contribution in [-0.2, 0) is 4.74 Å². The predicted molar refractivity (Wildman–Crippen MR) is 69.4 cm³/mol. The summed E-state index contributed by atoms with van der Waals surface area (Å²) < 4.78 is 15.9. The van der Waals surface area contributed by atoms with Gasteiger partial charge in [-0.2, -0.15) is 0 Å². The molecule has 2 aliphatic heterocycles. The first-order chi connectivity index (χ1) is 9.33. The first kappa shape index (κ1) is 12.7. The molecule has 5 heteroatoms. The van der Waals surface area contributed by atoms with E-state index >= 15 is 0 Å². The quantitative estimate of drug-likeness (QED) is 0.857. The molecule has 0 radical (unpaired) electrons. The maximum atomic E-state index is 10.2. The molecule has 0 bridgehead atoms. The van der Waals surface area contributed by atoms with Gasteiger partial charge in [-0.25, -0.2) is 0 Å². The smallest absolute Gasteiger partial charge is 0.231 e. The molecule has 1 aromatic rings. The fourth-order valence-electron chi connectivity index (χ4n) is 2.42. The number of ether oxygens (including phenoxy) is 3. The Morgan fingerprint density at radius 1 is 1.21 bits per heavy atom. The minimum atomic E-state index is -0.530. The van der Waals surface area contributed by atoms with Crippen LogP contribution in [0.1, 0.15) is 24.5 Å². The third-order valence-electron chi connectivity index (χ3n) is 3.60. The Kier molecular flexibility index (Phi) is 3.87. The SMILES string of the molecule is OC(CNC1CCOCC1)c1ccc2c(c1)OCO2. The van der Waals surface area contributed by atoms with Gasteiger partial charge in [0.1, 0.15) is 0 Å². The average Bonchev–Trinajstić information content (AvgIpc) is 2.93. The molecule has 19 heavy (non-hydrogen) atoms. The number of benzene rings is 1. The molecular weight excluding hydrogens is 246 g/mol. The van der Waals surface area contributed by atoms with E-state index in [1.54, 1.807) is 0 Å². The molecule has 0 spiro atoms. The molecule has 2 aliphatic rings. The van der Waals surface area contributed by atoms with Crippen molar-refractivity contribution in [2.45, 2.75) is 25.0 Å². The van der Waals surface area contributed by atoms with Crippen molar-refractivity contribution in [1.82, 2.24) is 5.32 Å². The number of aliphatic hydroxyl groups is 1. The summed E-state index contributed by atoms with van der Waals surface area (Å²) >= 11 is 0. The highest BCUT2D eigenvalue weighted by molar-refractivity contribution is 5.45. The molecule has 1 saturated heterocycles. The van der Waals surface area contributed by atoms with Crippen molar-refractivity contribution in [3.8, 4) is 11.5 Å². The van der Waals surface area contributed by atoms with E-state index in [1.807, 2.05) is 18.2 Å². The lowest BCUT2D eigenvalue weighted by molar-refractivity contribution is 0.0724. The first-order valence-corrected chi connectivity index (χ1v) is 6.71. The van der Waals surface area contributed by atoms with Crippen molar-refractivity contribution in [2.75, 3.05) is 26.6 Å². The molecule has 2 N–H and O–H groups in total. The van der Waals surface area contributed by atoms with E-state index in [0.717, 1.165) is 37.4 Å². The van der Waals surface area contributed by atoms with Crippen molar-refractivity contribution in [1.29, 1.82) is 0 Å². The molecule has 1 fully saturated rings. The number of nitrogens with one attached hydrogen (secondary N) is 1. The highest BCUT2D eigenvalue weighted by Gasteiger charge is 2.18. The lowest BCUT2D eigenvalue weighted by Crippen LogP contribution is -2.37. The summed E-state index contributed by atoms with van der Waals surface area (Å²) in [6.45, 7) is 2.41. The van der Waals surface area contributed by atoms with Gasteiger partial charge in [0.15, 0.2) is 11.5 Å². The maximum Gasteiger partial charge on any atom is 0.231 e. The van der Waals surface area contributed by atoms with E-state index in [-0.39, 0.29) is 6.79 Å². The molecule has 0 saturated carbocycles. The second kappa shape index (κ2) is 5.77. The fraction of sp³-hybridized carbons (Fsp3) is 0.571. The standard InChI is InChI=1S/C14H19NO4/c16-12(8-15-11-3-5-17-6-4-11)10-1-2-13-14(7-10)19-9-18-13/h1-2,7,11-12,15-16H,3-6,8-9H2. The maximum absolute atomic E-state index is 10.2. The fourth-order valence-corrected chi connectivity index (χ4v) is 2.42. The summed E-state index contributed by atoms with van der Waals surface area (Å²) in [6.07, 6.45) is 1.49. The van der Waals surface area contributed by atoms with Crippen LogP contribution in [0.15, 0.2) is 18.2 Å². The normalized spacial score (nSPS) is 20.5. The van der Waals surface area contributed by atoms with Crippen LogP contribution >= 0.6 is 0 Å². The van der Waals surface area contributed by atoms with Crippen molar-refractivity contribution >= 4 is 0 Å².